The van der Waals surface area contributed by atoms with Gasteiger partial charge < -0.3 is 0 Å². The Morgan fingerprint density at radius 1 is 1.00 bits per heavy atom. The summed E-state index contributed by atoms with van der Waals surface area (Å²) < 4.78 is 23.8. The van der Waals surface area contributed by atoms with Crippen LogP contribution in [0.2, 0.25) is 14.6 Å². The van der Waals surface area contributed by atoms with Gasteiger partial charge in [0.1, 0.15) is 0 Å². The molecule has 0 aliphatic rings. The summed E-state index contributed by atoms with van der Waals surface area (Å²) in [5, 5.41) is 0. The summed E-state index contributed by atoms with van der Waals surface area (Å²) in [4.78, 5) is 3.23. The van der Waals surface area contributed by atoms with Crippen LogP contribution in [0.1, 0.15) is 0 Å². The fraction of sp³-hybridized carbons (Fsp3) is 1.00. The first-order valence-electron chi connectivity index (χ1n) is 1.68. The van der Waals surface area contributed by atoms with E-state index in [1.807, 2.05) is 0 Å². The topological polar surface area (TPSA) is 0 Å². The normalized spacial score (nSPS) is 19.2. The van der Waals surface area contributed by atoms with Crippen molar-refractivity contribution in [3.8, 4) is 0 Å². The van der Waals surface area contributed by atoms with Gasteiger partial charge >= 0.3 is 38.8 Å². The Bertz CT molecular complexity index is 42.0. The van der Waals surface area contributed by atoms with E-state index in [9.17, 15) is 5.63 Å². The van der Waals surface area contributed by atoms with Crippen LogP contribution in [0.5, 0.6) is 0 Å². The first-order chi connectivity index (χ1) is 2.24. The van der Waals surface area contributed by atoms with Crippen LogP contribution < -0.4 is 0 Å². The average Bonchev–Trinajstić information content (AvgIpc) is 0.650. The van der Waals surface area contributed by atoms with Crippen molar-refractivity contribution >= 4 is 18.6 Å². The number of hydrogen-bond donors (Lipinski definition) is 0. The maximum absolute atomic E-state index is 11.9. The van der Waals surface area contributed by atoms with Crippen LogP contribution >= 0.6 is 0 Å². The Morgan fingerprint density at radius 2 is 1.00 bits per heavy atom. The maximum atomic E-state index is 11.9. The molecule has 0 N–H and O–H groups in total. The van der Waals surface area contributed by atoms with Crippen LogP contribution in [0.15, 0.2) is 0 Å². The van der Waals surface area contributed by atoms with Crippen molar-refractivity contribution in [2.24, 2.45) is 0 Å². The minimum absolute atomic E-state index is 1.08. The van der Waals surface area contributed by atoms with Gasteiger partial charge in [-0.25, -0.2) is 0 Å². The molecule has 0 amide bonds. The Balaban J connectivity index is 3.73. The van der Waals surface area contributed by atoms with Crippen molar-refractivity contribution in [1.29, 1.82) is 0 Å². The quantitative estimate of drug-likeness (QED) is 0.531. The molecule has 0 fully saturated rings. The van der Waals surface area contributed by atoms with E-state index < -0.39 is 18.6 Å². The molecule has 0 saturated heterocycles. The molecule has 6 heavy (non-hydrogen) atoms. The molecule has 40 valence electrons. The second kappa shape index (κ2) is 1.09. The number of rotatable bonds is 0. The molecule has 0 aromatic rings. The van der Waals surface area contributed by atoms with Gasteiger partial charge in [0.2, 0.25) is 0 Å². The first-order valence-corrected chi connectivity index (χ1v) is 11.3. The molecule has 0 aromatic carbocycles. The third kappa shape index (κ3) is 138. The van der Waals surface area contributed by atoms with Gasteiger partial charge in [-0.3, -0.25) is 0 Å². The molecule has 0 atom stereocenters. The van der Waals surface area contributed by atoms with Crippen molar-refractivity contribution in [2.75, 3.05) is 0 Å². The monoisotopic (exact) mass is 204 g/mol. The Labute approximate surface area is 39.2 Å². The van der Waals surface area contributed by atoms with E-state index in [1.54, 1.807) is 0 Å². The van der Waals surface area contributed by atoms with E-state index in [0.29, 0.717) is 0 Å². The molecule has 0 bridgehead atoms. The summed E-state index contributed by atoms with van der Waals surface area (Å²) in [6, 6.07) is 0. The second-order valence-corrected chi connectivity index (χ2v) is 16.2. The van der Waals surface area contributed by atoms with Gasteiger partial charge in [-0.05, 0) is 0 Å². The molecule has 0 aliphatic heterocycles. The van der Waals surface area contributed by atoms with Crippen LogP contribution in [0.4, 0.5) is 5.63 Å². The Hall–Kier alpha value is 0.678. The van der Waals surface area contributed by atoms with Crippen LogP contribution in [0, 0.1) is 0 Å². The molecule has 0 heterocycles. The molecule has 0 rings (SSSR count). The van der Waals surface area contributed by atoms with Crippen molar-refractivity contribution in [3.63, 3.8) is 0 Å². The molecular formula is C3H9F2Sb. The molecule has 0 unspecified atom stereocenters. The fourth-order valence-electron chi connectivity index (χ4n) is 0. The average molecular weight is 205 g/mol. The van der Waals surface area contributed by atoms with E-state index in [1.165, 1.54) is 0 Å². The predicted octanol–water partition coefficient (Wildman–Crippen LogP) is 2.21. The van der Waals surface area contributed by atoms with E-state index in [2.05, 4.69) is 0 Å². The molecule has 0 nitrogen and oxygen atoms in total. The fourth-order valence-corrected chi connectivity index (χ4v) is 0. The number of halogens is 2. The zero-order valence-electron chi connectivity index (χ0n) is 4.20. The third-order valence-electron chi connectivity index (χ3n) is 0. The molecule has 0 aromatic heterocycles. The van der Waals surface area contributed by atoms with E-state index in [4.69, 9.17) is 0 Å². The van der Waals surface area contributed by atoms with Crippen molar-refractivity contribution in [2.45, 2.75) is 14.6 Å². The summed E-state index contributed by atoms with van der Waals surface area (Å²) >= 11 is -4.69. The SMILES string of the molecule is [CH3][Sb]([CH3])([CH3])([F])[F]. The molecule has 3 heteroatoms. The van der Waals surface area contributed by atoms with Crippen LogP contribution in [-0.2, 0) is 0 Å². The van der Waals surface area contributed by atoms with E-state index >= 15 is 0 Å². The second-order valence-electron chi connectivity index (χ2n) is 2.42. The van der Waals surface area contributed by atoms with Crippen molar-refractivity contribution in [3.05, 3.63) is 0 Å². The summed E-state index contributed by atoms with van der Waals surface area (Å²) in [6.45, 7) is 0. The summed E-state index contributed by atoms with van der Waals surface area (Å²) in [5.74, 6) is 0. The molecular weight excluding hydrogens is 196 g/mol. The summed E-state index contributed by atoms with van der Waals surface area (Å²) in [6.07, 6.45) is 0. The zero-order valence-corrected chi connectivity index (χ0v) is 6.76. The van der Waals surface area contributed by atoms with Gasteiger partial charge in [0.15, 0.2) is 0 Å². The Morgan fingerprint density at radius 3 is 1.00 bits per heavy atom. The van der Waals surface area contributed by atoms with Gasteiger partial charge in [-0.1, -0.05) is 0 Å². The molecule has 0 spiro atoms. The third-order valence-corrected chi connectivity index (χ3v) is 0. The van der Waals surface area contributed by atoms with Gasteiger partial charge in [0.05, 0.1) is 0 Å². The van der Waals surface area contributed by atoms with Gasteiger partial charge in [0, 0.05) is 0 Å². The van der Waals surface area contributed by atoms with Gasteiger partial charge in [-0.15, -0.1) is 0 Å². The first kappa shape index (κ1) is 6.68. The van der Waals surface area contributed by atoms with Crippen LogP contribution in [0.3, 0.4) is 0 Å². The van der Waals surface area contributed by atoms with Crippen LogP contribution in [0.25, 0.3) is 0 Å². The zero-order chi connectivity index (χ0) is 5.45. The van der Waals surface area contributed by atoms with E-state index in [0.717, 1.165) is 14.6 Å². The van der Waals surface area contributed by atoms with Crippen LogP contribution in [-0.4, -0.2) is 18.6 Å². The van der Waals surface area contributed by atoms with Crippen molar-refractivity contribution < 1.29 is 5.63 Å². The number of hydrogen-bond acceptors (Lipinski definition) is 0. The molecule has 0 radical (unpaired) electrons. The molecule has 0 saturated carbocycles. The summed E-state index contributed by atoms with van der Waals surface area (Å²) in [5.41, 5.74) is 0. The van der Waals surface area contributed by atoms with Gasteiger partial charge in [0.25, 0.3) is 0 Å². The molecule has 0 aliphatic carbocycles. The standard InChI is InChI=1S/3CH3.2FH.Sb/h3*1H3;2*1H;/q;;;;;+2/p-2. The van der Waals surface area contributed by atoms with Gasteiger partial charge in [-0.2, -0.15) is 0 Å². The Kier molecular flexibility index (Phi) is 1.21. The van der Waals surface area contributed by atoms with Crippen molar-refractivity contribution in [1.82, 2.24) is 0 Å². The van der Waals surface area contributed by atoms with E-state index in [-0.39, 0.29) is 0 Å². The predicted molar refractivity (Wildman–Crippen MR) is 25.6 cm³/mol. The summed E-state index contributed by atoms with van der Waals surface area (Å²) in [7, 11) is 0. The minimum atomic E-state index is -4.69.